The Balaban J connectivity index is 2.11. The number of hydrogen-bond acceptors (Lipinski definition) is 3. The minimum atomic E-state index is -0.375. The first-order chi connectivity index (χ1) is 9.14. The number of esters is 1. The van der Waals surface area contributed by atoms with Gasteiger partial charge >= 0.3 is 5.97 Å². The van der Waals surface area contributed by atoms with Crippen molar-refractivity contribution in [3.05, 3.63) is 35.5 Å². The molecule has 4 nitrogen and oxygen atoms in total. The fraction of sp³-hybridized carbons (Fsp3) is 0.400. The molecule has 0 spiro atoms. The van der Waals surface area contributed by atoms with Crippen molar-refractivity contribution in [3.8, 4) is 0 Å². The summed E-state index contributed by atoms with van der Waals surface area (Å²) in [5, 5.41) is 4.71. The van der Waals surface area contributed by atoms with Gasteiger partial charge in [-0.25, -0.2) is 0 Å². The second-order valence-electron chi connectivity index (χ2n) is 5.29. The standard InChI is InChI=1S/C15H18N2O2/c1-15(9-13(18)19-2)14-11(7-8-16-15)10-5-3-4-6-12(10)17-14/h3-6,16-17H,7-9H2,1-2H3. The highest BCUT2D eigenvalue weighted by molar-refractivity contribution is 5.85. The number of carbonyl (C=O) groups excluding carboxylic acids is 1. The monoisotopic (exact) mass is 258 g/mol. The van der Waals surface area contributed by atoms with E-state index in [1.807, 2.05) is 6.07 Å². The number of fused-ring (bicyclic) bond motifs is 3. The zero-order valence-corrected chi connectivity index (χ0v) is 11.2. The number of ether oxygens (including phenoxy) is 1. The van der Waals surface area contributed by atoms with Gasteiger partial charge in [0.1, 0.15) is 0 Å². The van der Waals surface area contributed by atoms with Crippen molar-refractivity contribution >= 4 is 16.9 Å². The third-order valence-electron chi connectivity index (χ3n) is 3.98. The van der Waals surface area contributed by atoms with Crippen LogP contribution in [0.4, 0.5) is 0 Å². The van der Waals surface area contributed by atoms with Crippen LogP contribution in [0.5, 0.6) is 0 Å². The lowest BCUT2D eigenvalue weighted by molar-refractivity contribution is -0.142. The molecule has 0 bridgehead atoms. The third kappa shape index (κ3) is 1.92. The van der Waals surface area contributed by atoms with Gasteiger partial charge in [-0.2, -0.15) is 0 Å². The maximum Gasteiger partial charge on any atom is 0.307 e. The summed E-state index contributed by atoms with van der Waals surface area (Å²) in [6.45, 7) is 2.93. The quantitative estimate of drug-likeness (QED) is 0.811. The summed E-state index contributed by atoms with van der Waals surface area (Å²) in [6, 6.07) is 8.28. The number of benzene rings is 1. The van der Waals surface area contributed by atoms with Crippen LogP contribution in [0, 0.1) is 0 Å². The van der Waals surface area contributed by atoms with E-state index in [0.29, 0.717) is 6.42 Å². The highest BCUT2D eigenvalue weighted by Crippen LogP contribution is 2.35. The lowest BCUT2D eigenvalue weighted by Crippen LogP contribution is -2.46. The molecular weight excluding hydrogens is 240 g/mol. The van der Waals surface area contributed by atoms with Crippen LogP contribution in [0.2, 0.25) is 0 Å². The molecular formula is C15H18N2O2. The van der Waals surface area contributed by atoms with E-state index in [2.05, 4.69) is 35.4 Å². The van der Waals surface area contributed by atoms with E-state index in [-0.39, 0.29) is 11.5 Å². The molecule has 2 N–H and O–H groups in total. The van der Waals surface area contributed by atoms with Gasteiger partial charge in [-0.3, -0.25) is 4.79 Å². The SMILES string of the molecule is COC(=O)CC1(C)NCCc2c1[nH]c1ccccc21. The summed E-state index contributed by atoms with van der Waals surface area (Å²) >= 11 is 0. The van der Waals surface area contributed by atoms with Gasteiger partial charge in [-0.1, -0.05) is 18.2 Å². The lowest BCUT2D eigenvalue weighted by atomic mass is 9.86. The van der Waals surface area contributed by atoms with E-state index < -0.39 is 0 Å². The van der Waals surface area contributed by atoms with Gasteiger partial charge in [-0.15, -0.1) is 0 Å². The molecule has 0 fully saturated rings. The van der Waals surface area contributed by atoms with E-state index in [4.69, 9.17) is 4.74 Å². The molecule has 19 heavy (non-hydrogen) atoms. The van der Waals surface area contributed by atoms with Crippen molar-refractivity contribution in [2.45, 2.75) is 25.3 Å². The summed E-state index contributed by atoms with van der Waals surface area (Å²) in [5.41, 5.74) is 3.19. The molecule has 100 valence electrons. The van der Waals surface area contributed by atoms with E-state index in [1.165, 1.54) is 18.1 Å². The molecule has 1 aliphatic rings. The van der Waals surface area contributed by atoms with Crippen molar-refractivity contribution in [1.82, 2.24) is 10.3 Å². The predicted octanol–water partition coefficient (Wildman–Crippen LogP) is 2.09. The Morgan fingerprint density at radius 3 is 3.00 bits per heavy atom. The van der Waals surface area contributed by atoms with Crippen LogP contribution >= 0.6 is 0 Å². The molecule has 3 rings (SSSR count). The van der Waals surface area contributed by atoms with Crippen molar-refractivity contribution in [2.24, 2.45) is 0 Å². The van der Waals surface area contributed by atoms with E-state index in [9.17, 15) is 4.79 Å². The number of methoxy groups -OCH3 is 1. The Morgan fingerprint density at radius 1 is 1.42 bits per heavy atom. The number of aromatic amines is 1. The number of nitrogens with one attached hydrogen (secondary N) is 2. The van der Waals surface area contributed by atoms with Gasteiger partial charge in [0.2, 0.25) is 0 Å². The second-order valence-corrected chi connectivity index (χ2v) is 5.29. The molecule has 0 saturated carbocycles. The molecule has 0 radical (unpaired) electrons. The fourth-order valence-electron chi connectivity index (χ4n) is 2.99. The number of rotatable bonds is 2. The Kier molecular flexibility index (Phi) is 2.82. The average molecular weight is 258 g/mol. The lowest BCUT2D eigenvalue weighted by Gasteiger charge is -2.34. The highest BCUT2D eigenvalue weighted by atomic mass is 16.5. The van der Waals surface area contributed by atoms with Crippen LogP contribution in [-0.4, -0.2) is 24.6 Å². The van der Waals surface area contributed by atoms with Gasteiger partial charge in [0, 0.05) is 23.1 Å². The van der Waals surface area contributed by atoms with Crippen LogP contribution in [0.3, 0.4) is 0 Å². The summed E-state index contributed by atoms with van der Waals surface area (Å²) in [4.78, 5) is 15.1. The Labute approximate surface area is 112 Å². The number of H-pyrrole nitrogens is 1. The van der Waals surface area contributed by atoms with Crippen molar-refractivity contribution in [1.29, 1.82) is 0 Å². The second kappa shape index (κ2) is 4.38. The predicted molar refractivity (Wildman–Crippen MR) is 74.0 cm³/mol. The van der Waals surface area contributed by atoms with Crippen LogP contribution in [0.1, 0.15) is 24.6 Å². The van der Waals surface area contributed by atoms with Crippen molar-refractivity contribution in [2.75, 3.05) is 13.7 Å². The maximum atomic E-state index is 11.6. The molecule has 1 aromatic carbocycles. The summed E-state index contributed by atoms with van der Waals surface area (Å²) in [6.07, 6.45) is 1.32. The molecule has 4 heteroatoms. The number of hydrogen-bond donors (Lipinski definition) is 2. The van der Waals surface area contributed by atoms with Crippen LogP contribution in [0.15, 0.2) is 24.3 Å². The Morgan fingerprint density at radius 2 is 2.21 bits per heavy atom. The Bertz CT molecular complexity index is 632. The summed E-state index contributed by atoms with van der Waals surface area (Å²) in [5.74, 6) is -0.193. The van der Waals surface area contributed by atoms with E-state index in [0.717, 1.165) is 24.2 Å². The molecule has 1 unspecified atom stereocenters. The van der Waals surface area contributed by atoms with Gasteiger partial charge in [0.15, 0.2) is 0 Å². The molecule has 1 aromatic heterocycles. The van der Waals surface area contributed by atoms with Gasteiger partial charge < -0.3 is 15.0 Å². The number of aromatic nitrogens is 1. The van der Waals surface area contributed by atoms with Crippen molar-refractivity contribution in [3.63, 3.8) is 0 Å². The van der Waals surface area contributed by atoms with Crippen LogP contribution in [-0.2, 0) is 21.5 Å². The summed E-state index contributed by atoms with van der Waals surface area (Å²) < 4.78 is 4.81. The molecule has 2 aromatic rings. The number of para-hydroxylation sites is 1. The van der Waals surface area contributed by atoms with E-state index in [1.54, 1.807) is 0 Å². The average Bonchev–Trinajstić information content (AvgIpc) is 2.79. The number of carbonyl (C=O) groups is 1. The Hall–Kier alpha value is -1.81. The smallest absolute Gasteiger partial charge is 0.307 e. The topological polar surface area (TPSA) is 54.1 Å². The normalized spacial score (nSPS) is 22.2. The largest absolute Gasteiger partial charge is 0.469 e. The maximum absolute atomic E-state index is 11.6. The molecule has 1 aliphatic heterocycles. The fourth-order valence-corrected chi connectivity index (χ4v) is 2.99. The van der Waals surface area contributed by atoms with E-state index >= 15 is 0 Å². The minimum absolute atomic E-state index is 0.193. The third-order valence-corrected chi connectivity index (χ3v) is 3.98. The first kappa shape index (κ1) is 12.2. The minimum Gasteiger partial charge on any atom is -0.469 e. The molecule has 0 amide bonds. The molecule has 2 heterocycles. The van der Waals surface area contributed by atoms with Gasteiger partial charge in [0.05, 0.1) is 19.1 Å². The first-order valence-electron chi connectivity index (χ1n) is 6.56. The van der Waals surface area contributed by atoms with Gasteiger partial charge in [-0.05, 0) is 25.0 Å². The highest BCUT2D eigenvalue weighted by Gasteiger charge is 2.36. The first-order valence-corrected chi connectivity index (χ1v) is 6.56. The molecule has 0 saturated heterocycles. The zero-order chi connectivity index (χ0) is 13.5. The molecule has 1 atom stereocenters. The molecule has 0 aliphatic carbocycles. The van der Waals surface area contributed by atoms with Crippen LogP contribution < -0.4 is 5.32 Å². The van der Waals surface area contributed by atoms with Gasteiger partial charge in [0.25, 0.3) is 0 Å². The van der Waals surface area contributed by atoms with Crippen LogP contribution in [0.25, 0.3) is 10.9 Å². The summed E-state index contributed by atoms with van der Waals surface area (Å²) in [7, 11) is 1.43. The van der Waals surface area contributed by atoms with Crippen molar-refractivity contribution < 1.29 is 9.53 Å². The zero-order valence-electron chi connectivity index (χ0n) is 11.2.